The summed E-state index contributed by atoms with van der Waals surface area (Å²) in [5, 5.41) is 0. The fourth-order valence-corrected chi connectivity index (χ4v) is 3.21. The third kappa shape index (κ3) is 6.04. The Labute approximate surface area is 165 Å². The zero-order chi connectivity index (χ0) is 19.8. The van der Waals surface area contributed by atoms with E-state index in [9.17, 15) is 9.18 Å². The summed E-state index contributed by atoms with van der Waals surface area (Å²) in [6, 6.07) is 16.2. The molecule has 0 N–H and O–H groups in total. The van der Waals surface area contributed by atoms with Gasteiger partial charge in [0.15, 0.2) is 6.23 Å². The Kier molecular flexibility index (Phi) is 7.39. The van der Waals surface area contributed by atoms with Crippen molar-refractivity contribution in [3.05, 3.63) is 66.0 Å². The van der Waals surface area contributed by atoms with Gasteiger partial charge in [0.2, 0.25) is 0 Å². The van der Waals surface area contributed by atoms with E-state index >= 15 is 0 Å². The number of nitrogens with zero attached hydrogens (tertiary/aromatic N) is 2. The quantitative estimate of drug-likeness (QED) is 0.651. The van der Waals surface area contributed by atoms with Crippen molar-refractivity contribution < 1.29 is 18.7 Å². The van der Waals surface area contributed by atoms with Crippen molar-refractivity contribution in [2.75, 3.05) is 32.8 Å². The highest BCUT2D eigenvalue weighted by Crippen LogP contribution is 2.16. The van der Waals surface area contributed by atoms with Crippen LogP contribution in [0, 0.1) is 5.82 Å². The number of esters is 1. The highest BCUT2D eigenvalue weighted by Gasteiger charge is 2.29. The summed E-state index contributed by atoms with van der Waals surface area (Å²) in [6.07, 6.45) is 0.0934. The smallest absolute Gasteiger partial charge is 0.307 e. The SMILES string of the molecule is CCC(=O)OC1CN(CCOc2ccc(F)cc2)CCN1Cc1ccccc1. The van der Waals surface area contributed by atoms with Gasteiger partial charge in [0.1, 0.15) is 18.2 Å². The molecule has 1 heterocycles. The van der Waals surface area contributed by atoms with E-state index in [1.54, 1.807) is 19.1 Å². The minimum Gasteiger partial charge on any atom is -0.492 e. The van der Waals surface area contributed by atoms with Crippen molar-refractivity contribution in [3.63, 3.8) is 0 Å². The molecule has 0 aromatic heterocycles. The molecule has 0 amide bonds. The molecule has 150 valence electrons. The first-order valence-corrected chi connectivity index (χ1v) is 9.72. The number of rotatable bonds is 8. The Balaban J connectivity index is 1.53. The molecule has 0 radical (unpaired) electrons. The second kappa shape index (κ2) is 10.2. The van der Waals surface area contributed by atoms with Crippen molar-refractivity contribution in [2.24, 2.45) is 0 Å². The van der Waals surface area contributed by atoms with Crippen molar-refractivity contribution in [1.82, 2.24) is 9.80 Å². The number of hydrogen-bond acceptors (Lipinski definition) is 5. The van der Waals surface area contributed by atoms with Gasteiger partial charge in [-0.1, -0.05) is 37.3 Å². The van der Waals surface area contributed by atoms with Crippen LogP contribution in [0.2, 0.25) is 0 Å². The van der Waals surface area contributed by atoms with Crippen molar-refractivity contribution in [2.45, 2.75) is 26.1 Å². The Morgan fingerprint density at radius 2 is 1.86 bits per heavy atom. The minimum atomic E-state index is -0.275. The van der Waals surface area contributed by atoms with Gasteiger partial charge >= 0.3 is 5.97 Å². The van der Waals surface area contributed by atoms with Crippen LogP contribution in [0.1, 0.15) is 18.9 Å². The maximum Gasteiger partial charge on any atom is 0.307 e. The molecule has 0 aliphatic carbocycles. The second-order valence-corrected chi connectivity index (χ2v) is 6.86. The first-order chi connectivity index (χ1) is 13.6. The van der Waals surface area contributed by atoms with Gasteiger partial charge in [-0.25, -0.2) is 4.39 Å². The molecule has 1 saturated heterocycles. The van der Waals surface area contributed by atoms with Gasteiger partial charge < -0.3 is 9.47 Å². The minimum absolute atomic E-state index is 0.188. The molecule has 1 aliphatic rings. The molecular weight excluding hydrogens is 359 g/mol. The number of ether oxygens (including phenoxy) is 2. The number of carbonyl (C=O) groups excluding carboxylic acids is 1. The summed E-state index contributed by atoms with van der Waals surface area (Å²) in [5.41, 5.74) is 1.20. The lowest BCUT2D eigenvalue weighted by molar-refractivity contribution is -0.166. The van der Waals surface area contributed by atoms with E-state index in [4.69, 9.17) is 9.47 Å². The molecule has 1 unspecified atom stereocenters. The van der Waals surface area contributed by atoms with E-state index in [0.717, 1.165) is 26.2 Å². The molecular formula is C22H27FN2O3. The van der Waals surface area contributed by atoms with Gasteiger partial charge in [0.05, 0.1) is 0 Å². The van der Waals surface area contributed by atoms with Crippen LogP contribution in [0.4, 0.5) is 4.39 Å². The standard InChI is InChI=1S/C22H27FN2O3/c1-2-22(26)28-21-17-24(14-15-27-20-10-8-19(23)9-11-20)12-13-25(21)16-18-6-4-3-5-7-18/h3-11,21H,2,12-17H2,1H3. The van der Waals surface area contributed by atoms with Crippen molar-refractivity contribution in [3.8, 4) is 5.75 Å². The normalized spacial score (nSPS) is 18.0. The van der Waals surface area contributed by atoms with Gasteiger partial charge in [-0.3, -0.25) is 14.6 Å². The molecule has 2 aromatic carbocycles. The van der Waals surface area contributed by atoms with Gasteiger partial charge in [-0.2, -0.15) is 0 Å². The zero-order valence-corrected chi connectivity index (χ0v) is 16.2. The number of hydrogen-bond donors (Lipinski definition) is 0. The van der Waals surface area contributed by atoms with E-state index in [1.807, 2.05) is 18.2 Å². The lowest BCUT2D eigenvalue weighted by Gasteiger charge is -2.40. The molecule has 5 nitrogen and oxygen atoms in total. The summed E-state index contributed by atoms with van der Waals surface area (Å²) in [7, 11) is 0. The summed E-state index contributed by atoms with van der Waals surface area (Å²) in [4.78, 5) is 16.3. The van der Waals surface area contributed by atoms with Gasteiger partial charge in [-0.05, 0) is 29.8 Å². The molecule has 1 aliphatic heterocycles. The van der Waals surface area contributed by atoms with Crippen LogP contribution in [0.25, 0.3) is 0 Å². The predicted octanol–water partition coefficient (Wildman–Crippen LogP) is 3.30. The fraction of sp³-hybridized carbons (Fsp3) is 0.409. The highest BCUT2D eigenvalue weighted by atomic mass is 19.1. The predicted molar refractivity (Wildman–Crippen MR) is 105 cm³/mol. The van der Waals surface area contributed by atoms with Crippen LogP contribution in [0.5, 0.6) is 5.75 Å². The van der Waals surface area contributed by atoms with Crippen LogP contribution >= 0.6 is 0 Å². The lowest BCUT2D eigenvalue weighted by Crippen LogP contribution is -2.54. The van der Waals surface area contributed by atoms with Crippen LogP contribution in [-0.2, 0) is 16.1 Å². The zero-order valence-electron chi connectivity index (χ0n) is 16.2. The molecule has 28 heavy (non-hydrogen) atoms. The lowest BCUT2D eigenvalue weighted by atomic mass is 10.2. The summed E-state index contributed by atoms with van der Waals surface area (Å²) in [6.45, 7) is 6.11. The van der Waals surface area contributed by atoms with Gasteiger partial charge in [0.25, 0.3) is 0 Å². The molecule has 6 heteroatoms. The number of halogens is 1. The molecule has 3 rings (SSSR count). The van der Waals surface area contributed by atoms with E-state index in [-0.39, 0.29) is 18.0 Å². The van der Waals surface area contributed by atoms with E-state index in [0.29, 0.717) is 25.3 Å². The number of piperazine rings is 1. The van der Waals surface area contributed by atoms with Crippen molar-refractivity contribution >= 4 is 5.97 Å². The maximum absolute atomic E-state index is 13.0. The molecule has 0 saturated carbocycles. The summed E-state index contributed by atoms with van der Waals surface area (Å²) in [5.74, 6) is 0.188. The first kappa shape index (κ1) is 20.3. The van der Waals surface area contributed by atoms with Crippen LogP contribution in [-0.4, -0.2) is 54.8 Å². The monoisotopic (exact) mass is 386 g/mol. The molecule has 0 bridgehead atoms. The van der Waals surface area contributed by atoms with Crippen LogP contribution in [0.15, 0.2) is 54.6 Å². The fourth-order valence-electron chi connectivity index (χ4n) is 3.21. The van der Waals surface area contributed by atoms with E-state index < -0.39 is 0 Å². The summed E-state index contributed by atoms with van der Waals surface area (Å²) >= 11 is 0. The third-order valence-corrected chi connectivity index (χ3v) is 4.80. The van der Waals surface area contributed by atoms with Crippen LogP contribution < -0.4 is 4.74 Å². The van der Waals surface area contributed by atoms with E-state index in [1.165, 1.54) is 17.7 Å². The number of carbonyl (C=O) groups is 1. The topological polar surface area (TPSA) is 42.0 Å². The first-order valence-electron chi connectivity index (χ1n) is 9.72. The average Bonchev–Trinajstić information content (AvgIpc) is 2.72. The largest absolute Gasteiger partial charge is 0.492 e. The van der Waals surface area contributed by atoms with Gasteiger partial charge in [-0.15, -0.1) is 0 Å². The van der Waals surface area contributed by atoms with Crippen molar-refractivity contribution in [1.29, 1.82) is 0 Å². The molecule has 1 fully saturated rings. The van der Waals surface area contributed by atoms with Crippen LogP contribution in [0.3, 0.4) is 0 Å². The Hall–Kier alpha value is -2.44. The second-order valence-electron chi connectivity index (χ2n) is 6.86. The maximum atomic E-state index is 13.0. The average molecular weight is 386 g/mol. The highest BCUT2D eigenvalue weighted by molar-refractivity contribution is 5.69. The molecule has 0 spiro atoms. The molecule has 1 atom stereocenters. The van der Waals surface area contributed by atoms with E-state index in [2.05, 4.69) is 21.9 Å². The molecule has 2 aromatic rings. The Morgan fingerprint density at radius 1 is 1.11 bits per heavy atom. The third-order valence-electron chi connectivity index (χ3n) is 4.80. The number of benzene rings is 2. The van der Waals surface area contributed by atoms with Gasteiger partial charge in [0, 0.05) is 39.1 Å². The summed E-state index contributed by atoms with van der Waals surface area (Å²) < 4.78 is 24.3. The Bertz CT molecular complexity index is 739. The Morgan fingerprint density at radius 3 is 2.57 bits per heavy atom.